The molecule has 1 atom stereocenters. The largest absolute Gasteiger partial charge is 0.302 e. The first-order valence-corrected chi connectivity index (χ1v) is 5.61. The second kappa shape index (κ2) is 6.00. The fraction of sp³-hybridized carbons (Fsp3) is 0.909. The van der Waals surface area contributed by atoms with Gasteiger partial charge in [-0.05, 0) is 33.0 Å². The maximum atomic E-state index is 8.56. The van der Waals surface area contributed by atoms with Gasteiger partial charge in [-0.3, -0.25) is 4.90 Å². The highest BCUT2D eigenvalue weighted by molar-refractivity contribution is 4.79. The first-order chi connectivity index (χ1) is 6.77. The molecular weight excluding hydrogens is 174 g/mol. The third-order valence-electron chi connectivity index (χ3n) is 3.02. The van der Waals surface area contributed by atoms with Gasteiger partial charge >= 0.3 is 0 Å². The average Bonchev–Trinajstić information content (AvgIpc) is 2.37. The zero-order valence-electron chi connectivity index (χ0n) is 9.37. The standard InChI is InChI=1S/C11H21N3/c1-3-13-7-5-9-14(8-4-6-12)11(2)10-13/h11H,3-5,7-10H2,1-2H3. The Morgan fingerprint density at radius 3 is 2.86 bits per heavy atom. The van der Waals surface area contributed by atoms with Crippen LogP contribution in [0.2, 0.25) is 0 Å². The number of hydrogen-bond donors (Lipinski definition) is 0. The molecule has 0 amide bonds. The van der Waals surface area contributed by atoms with Crippen molar-refractivity contribution >= 4 is 0 Å². The molecule has 0 N–H and O–H groups in total. The molecule has 0 aliphatic carbocycles. The molecule has 0 radical (unpaired) electrons. The predicted molar refractivity (Wildman–Crippen MR) is 58.0 cm³/mol. The summed E-state index contributed by atoms with van der Waals surface area (Å²) < 4.78 is 0. The summed E-state index contributed by atoms with van der Waals surface area (Å²) in [7, 11) is 0. The highest BCUT2D eigenvalue weighted by Gasteiger charge is 2.19. The summed E-state index contributed by atoms with van der Waals surface area (Å²) in [5.74, 6) is 0. The fourth-order valence-electron chi connectivity index (χ4n) is 2.11. The number of nitrogens with zero attached hydrogens (tertiary/aromatic N) is 3. The van der Waals surface area contributed by atoms with Crippen molar-refractivity contribution in [2.24, 2.45) is 0 Å². The monoisotopic (exact) mass is 195 g/mol. The van der Waals surface area contributed by atoms with Crippen LogP contribution in [0.25, 0.3) is 0 Å². The van der Waals surface area contributed by atoms with Crippen LogP contribution in [0.3, 0.4) is 0 Å². The van der Waals surface area contributed by atoms with E-state index in [2.05, 4.69) is 29.7 Å². The second-order valence-electron chi connectivity index (χ2n) is 4.04. The minimum atomic E-state index is 0.603. The van der Waals surface area contributed by atoms with Crippen LogP contribution in [0, 0.1) is 11.3 Å². The number of likely N-dealkylation sites (N-methyl/N-ethyl adjacent to an activating group) is 1. The van der Waals surface area contributed by atoms with Gasteiger partial charge in [0.05, 0.1) is 6.07 Å². The Morgan fingerprint density at radius 2 is 2.21 bits per heavy atom. The Kier molecular flexibility index (Phi) is 4.92. The molecule has 3 heteroatoms. The zero-order chi connectivity index (χ0) is 10.4. The van der Waals surface area contributed by atoms with Gasteiger partial charge in [0.25, 0.3) is 0 Å². The summed E-state index contributed by atoms with van der Waals surface area (Å²) in [6.07, 6.45) is 1.90. The van der Waals surface area contributed by atoms with Crippen molar-refractivity contribution in [3.63, 3.8) is 0 Å². The summed E-state index contributed by atoms with van der Waals surface area (Å²) in [4.78, 5) is 4.94. The molecular formula is C11H21N3. The molecule has 1 aliphatic heterocycles. The third kappa shape index (κ3) is 3.28. The Hall–Kier alpha value is -0.590. The van der Waals surface area contributed by atoms with Crippen molar-refractivity contribution in [3.8, 4) is 6.07 Å². The average molecular weight is 195 g/mol. The first-order valence-electron chi connectivity index (χ1n) is 5.61. The van der Waals surface area contributed by atoms with Gasteiger partial charge in [0.15, 0.2) is 0 Å². The number of nitriles is 1. The van der Waals surface area contributed by atoms with E-state index in [0.29, 0.717) is 12.5 Å². The lowest BCUT2D eigenvalue weighted by Gasteiger charge is -2.27. The van der Waals surface area contributed by atoms with E-state index in [0.717, 1.165) is 26.2 Å². The number of hydrogen-bond acceptors (Lipinski definition) is 3. The molecule has 0 aromatic carbocycles. The Morgan fingerprint density at radius 1 is 1.43 bits per heavy atom. The molecule has 1 aliphatic rings. The maximum Gasteiger partial charge on any atom is 0.0635 e. The lowest BCUT2D eigenvalue weighted by atomic mass is 10.2. The van der Waals surface area contributed by atoms with Gasteiger partial charge in [-0.25, -0.2) is 0 Å². The summed E-state index contributed by atoms with van der Waals surface area (Å²) >= 11 is 0. The molecule has 80 valence electrons. The fourth-order valence-corrected chi connectivity index (χ4v) is 2.11. The molecule has 1 rings (SSSR count). The van der Waals surface area contributed by atoms with Gasteiger partial charge < -0.3 is 4.90 Å². The van der Waals surface area contributed by atoms with Crippen LogP contribution >= 0.6 is 0 Å². The number of rotatable bonds is 3. The van der Waals surface area contributed by atoms with Gasteiger partial charge in [0, 0.05) is 25.6 Å². The topological polar surface area (TPSA) is 30.3 Å². The van der Waals surface area contributed by atoms with Crippen molar-refractivity contribution in [2.45, 2.75) is 32.7 Å². The Balaban J connectivity index is 2.41. The van der Waals surface area contributed by atoms with Crippen LogP contribution in [0.1, 0.15) is 26.7 Å². The van der Waals surface area contributed by atoms with Crippen LogP contribution in [0.15, 0.2) is 0 Å². The van der Waals surface area contributed by atoms with E-state index in [9.17, 15) is 0 Å². The van der Waals surface area contributed by atoms with Crippen LogP contribution < -0.4 is 0 Å². The van der Waals surface area contributed by atoms with E-state index in [1.807, 2.05) is 0 Å². The minimum absolute atomic E-state index is 0.603. The van der Waals surface area contributed by atoms with Gasteiger partial charge in [0.2, 0.25) is 0 Å². The van der Waals surface area contributed by atoms with Crippen molar-refractivity contribution in [1.29, 1.82) is 5.26 Å². The van der Waals surface area contributed by atoms with E-state index in [1.54, 1.807) is 0 Å². The molecule has 1 unspecified atom stereocenters. The molecule has 0 aromatic heterocycles. The third-order valence-corrected chi connectivity index (χ3v) is 3.02. The Bertz CT molecular complexity index is 197. The van der Waals surface area contributed by atoms with Gasteiger partial charge in [0.1, 0.15) is 0 Å². The van der Waals surface area contributed by atoms with Gasteiger partial charge in [-0.2, -0.15) is 5.26 Å². The van der Waals surface area contributed by atoms with Crippen molar-refractivity contribution < 1.29 is 0 Å². The normalized spacial score (nSPS) is 25.6. The molecule has 0 saturated carbocycles. The highest BCUT2D eigenvalue weighted by Crippen LogP contribution is 2.09. The first kappa shape index (κ1) is 11.5. The summed E-state index contributed by atoms with van der Waals surface area (Å²) in [6, 6.07) is 2.83. The van der Waals surface area contributed by atoms with Gasteiger partial charge in [-0.15, -0.1) is 0 Å². The summed E-state index contributed by atoms with van der Waals surface area (Å²) in [5.41, 5.74) is 0. The Labute approximate surface area is 87.3 Å². The molecule has 1 saturated heterocycles. The van der Waals surface area contributed by atoms with E-state index in [1.165, 1.54) is 13.0 Å². The van der Waals surface area contributed by atoms with Crippen molar-refractivity contribution in [1.82, 2.24) is 9.80 Å². The maximum absolute atomic E-state index is 8.56. The molecule has 0 spiro atoms. The van der Waals surface area contributed by atoms with Crippen LogP contribution in [0.5, 0.6) is 0 Å². The predicted octanol–water partition coefficient (Wildman–Crippen LogP) is 1.32. The SMILES string of the molecule is CCN1CCCN(CCC#N)C(C)C1. The lowest BCUT2D eigenvalue weighted by Crippen LogP contribution is -2.39. The molecule has 0 aromatic rings. The molecule has 1 heterocycles. The van der Waals surface area contributed by atoms with E-state index in [-0.39, 0.29) is 0 Å². The zero-order valence-corrected chi connectivity index (χ0v) is 9.37. The molecule has 3 nitrogen and oxygen atoms in total. The smallest absolute Gasteiger partial charge is 0.0635 e. The van der Waals surface area contributed by atoms with E-state index < -0.39 is 0 Å². The minimum Gasteiger partial charge on any atom is -0.302 e. The van der Waals surface area contributed by atoms with Crippen LogP contribution in [-0.2, 0) is 0 Å². The lowest BCUT2D eigenvalue weighted by molar-refractivity contribution is 0.197. The highest BCUT2D eigenvalue weighted by atomic mass is 15.2. The van der Waals surface area contributed by atoms with Crippen LogP contribution in [-0.4, -0.2) is 48.6 Å². The molecule has 14 heavy (non-hydrogen) atoms. The summed E-state index contributed by atoms with van der Waals surface area (Å²) in [6.45, 7) is 10.1. The molecule has 1 fully saturated rings. The van der Waals surface area contributed by atoms with Crippen molar-refractivity contribution in [3.05, 3.63) is 0 Å². The van der Waals surface area contributed by atoms with Gasteiger partial charge in [-0.1, -0.05) is 6.92 Å². The van der Waals surface area contributed by atoms with Crippen molar-refractivity contribution in [2.75, 3.05) is 32.7 Å². The quantitative estimate of drug-likeness (QED) is 0.680. The van der Waals surface area contributed by atoms with E-state index in [4.69, 9.17) is 5.26 Å². The van der Waals surface area contributed by atoms with Crippen LogP contribution in [0.4, 0.5) is 0 Å². The van der Waals surface area contributed by atoms with E-state index >= 15 is 0 Å². The summed E-state index contributed by atoms with van der Waals surface area (Å²) in [5, 5.41) is 8.56. The second-order valence-corrected chi connectivity index (χ2v) is 4.04. The molecule has 0 bridgehead atoms.